The molecule has 2 aromatic rings. The van der Waals surface area contributed by atoms with Crippen LogP contribution in [0.25, 0.3) is 0 Å². The number of nitrogens with zero attached hydrogens (tertiary/aromatic N) is 2. The molecule has 1 aliphatic carbocycles. The minimum atomic E-state index is -0.473. The number of hydrogen-bond acceptors (Lipinski definition) is 4. The maximum Gasteiger partial charge on any atom is 0.259 e. The molecule has 0 atom stereocenters. The zero-order valence-electron chi connectivity index (χ0n) is 19.3. The van der Waals surface area contributed by atoms with Crippen molar-refractivity contribution < 1.29 is 14.3 Å². The Balaban J connectivity index is 1.54. The summed E-state index contributed by atoms with van der Waals surface area (Å²) in [6.07, 6.45) is 11.2. The SMILES string of the molecule is COc1cccc(CCNC(=O)c2cn(C3CCCC3)cc(C(=O)N3CCCCC3)c2=O)c1. The number of pyridine rings is 1. The molecule has 2 fully saturated rings. The number of benzene rings is 1. The lowest BCUT2D eigenvalue weighted by atomic mass is 10.1. The van der Waals surface area contributed by atoms with Crippen molar-refractivity contribution in [2.24, 2.45) is 0 Å². The van der Waals surface area contributed by atoms with Crippen molar-refractivity contribution in [1.29, 1.82) is 0 Å². The van der Waals surface area contributed by atoms with Crippen LogP contribution in [-0.2, 0) is 6.42 Å². The molecule has 33 heavy (non-hydrogen) atoms. The van der Waals surface area contributed by atoms with Gasteiger partial charge in [-0.1, -0.05) is 25.0 Å². The average Bonchev–Trinajstić information content (AvgIpc) is 3.39. The number of aromatic nitrogens is 1. The van der Waals surface area contributed by atoms with Gasteiger partial charge in [0.25, 0.3) is 11.8 Å². The molecule has 0 unspecified atom stereocenters. The maximum absolute atomic E-state index is 13.2. The third-order valence-corrected chi connectivity index (χ3v) is 6.74. The van der Waals surface area contributed by atoms with Crippen molar-refractivity contribution in [2.75, 3.05) is 26.7 Å². The number of rotatable bonds is 7. The zero-order valence-corrected chi connectivity index (χ0v) is 19.3. The molecule has 0 bridgehead atoms. The Morgan fingerprint density at radius 1 is 1.03 bits per heavy atom. The highest BCUT2D eigenvalue weighted by molar-refractivity contribution is 5.99. The van der Waals surface area contributed by atoms with Gasteiger partial charge in [-0.25, -0.2) is 0 Å². The fourth-order valence-corrected chi connectivity index (χ4v) is 4.84. The first-order chi connectivity index (χ1) is 16.1. The fourth-order valence-electron chi connectivity index (χ4n) is 4.84. The second-order valence-corrected chi connectivity index (χ2v) is 9.01. The fraction of sp³-hybridized carbons (Fsp3) is 0.500. The van der Waals surface area contributed by atoms with Gasteiger partial charge in [-0.3, -0.25) is 14.4 Å². The molecule has 1 N–H and O–H groups in total. The average molecular weight is 452 g/mol. The van der Waals surface area contributed by atoms with E-state index in [2.05, 4.69) is 5.32 Å². The second-order valence-electron chi connectivity index (χ2n) is 9.01. The van der Waals surface area contributed by atoms with Gasteiger partial charge in [0.2, 0.25) is 5.43 Å². The van der Waals surface area contributed by atoms with Crippen molar-refractivity contribution in [2.45, 2.75) is 57.4 Å². The molecule has 176 valence electrons. The number of ether oxygens (including phenoxy) is 1. The summed E-state index contributed by atoms with van der Waals surface area (Å²) in [6.45, 7) is 1.72. The summed E-state index contributed by atoms with van der Waals surface area (Å²) >= 11 is 0. The Morgan fingerprint density at radius 2 is 1.76 bits per heavy atom. The van der Waals surface area contributed by atoms with E-state index in [1.54, 1.807) is 24.4 Å². The van der Waals surface area contributed by atoms with E-state index < -0.39 is 11.3 Å². The molecule has 7 heteroatoms. The number of carbonyl (C=O) groups is 2. The van der Waals surface area contributed by atoms with E-state index in [1.165, 1.54) is 0 Å². The van der Waals surface area contributed by atoms with Gasteiger partial charge < -0.3 is 19.5 Å². The summed E-state index contributed by atoms with van der Waals surface area (Å²) in [7, 11) is 1.62. The zero-order chi connectivity index (χ0) is 23.2. The maximum atomic E-state index is 13.2. The van der Waals surface area contributed by atoms with E-state index in [4.69, 9.17) is 4.74 Å². The van der Waals surface area contributed by atoms with Gasteiger partial charge in [-0.15, -0.1) is 0 Å². The molecule has 1 aromatic carbocycles. The summed E-state index contributed by atoms with van der Waals surface area (Å²) in [5, 5.41) is 2.87. The Kier molecular flexibility index (Phi) is 7.47. The number of nitrogens with one attached hydrogen (secondary N) is 1. The molecule has 2 aliphatic rings. The van der Waals surface area contributed by atoms with Crippen molar-refractivity contribution in [3.8, 4) is 5.75 Å². The predicted octanol–water partition coefficient (Wildman–Crippen LogP) is 3.57. The number of amides is 2. The van der Waals surface area contributed by atoms with Gasteiger partial charge in [-0.2, -0.15) is 0 Å². The number of likely N-dealkylation sites (tertiary alicyclic amines) is 1. The number of piperidine rings is 1. The minimum absolute atomic E-state index is 0.0513. The molecule has 1 saturated heterocycles. The topological polar surface area (TPSA) is 80.6 Å². The van der Waals surface area contributed by atoms with E-state index in [0.717, 1.165) is 56.3 Å². The Labute approximate surface area is 194 Å². The van der Waals surface area contributed by atoms with Crippen molar-refractivity contribution >= 4 is 11.8 Å². The van der Waals surface area contributed by atoms with E-state index in [0.29, 0.717) is 26.1 Å². The van der Waals surface area contributed by atoms with Gasteiger partial charge >= 0.3 is 0 Å². The summed E-state index contributed by atoms with van der Waals surface area (Å²) in [6, 6.07) is 7.91. The third kappa shape index (κ3) is 5.46. The summed E-state index contributed by atoms with van der Waals surface area (Å²) in [5.41, 5.74) is 0.727. The summed E-state index contributed by atoms with van der Waals surface area (Å²) < 4.78 is 7.18. The molecule has 1 aliphatic heterocycles. The first-order valence-corrected chi connectivity index (χ1v) is 12.0. The summed E-state index contributed by atoms with van der Waals surface area (Å²) in [5.74, 6) is 0.0858. The Hall–Kier alpha value is -3.09. The number of carbonyl (C=O) groups excluding carboxylic acids is 2. The van der Waals surface area contributed by atoms with E-state index >= 15 is 0 Å². The molecular weight excluding hydrogens is 418 g/mol. The number of hydrogen-bond donors (Lipinski definition) is 1. The second kappa shape index (κ2) is 10.7. The molecule has 2 heterocycles. The number of methoxy groups -OCH3 is 1. The van der Waals surface area contributed by atoms with Crippen LogP contribution in [0.3, 0.4) is 0 Å². The highest BCUT2D eigenvalue weighted by Gasteiger charge is 2.26. The smallest absolute Gasteiger partial charge is 0.259 e. The summed E-state index contributed by atoms with van der Waals surface area (Å²) in [4.78, 5) is 41.2. The normalized spacial score (nSPS) is 16.6. The first-order valence-electron chi connectivity index (χ1n) is 12.0. The van der Waals surface area contributed by atoms with Crippen LogP contribution in [0, 0.1) is 0 Å². The highest BCUT2D eigenvalue weighted by atomic mass is 16.5. The molecule has 7 nitrogen and oxygen atoms in total. The van der Waals surface area contributed by atoms with Gasteiger partial charge in [0.15, 0.2) is 0 Å². The Bertz CT molecular complexity index is 1050. The van der Waals surface area contributed by atoms with E-state index in [1.807, 2.05) is 28.8 Å². The van der Waals surface area contributed by atoms with Crippen LogP contribution in [0.1, 0.15) is 77.3 Å². The van der Waals surface area contributed by atoms with Gasteiger partial charge in [0.05, 0.1) is 7.11 Å². The lowest BCUT2D eigenvalue weighted by Gasteiger charge is -2.27. The lowest BCUT2D eigenvalue weighted by molar-refractivity contribution is 0.0722. The molecule has 0 spiro atoms. The van der Waals surface area contributed by atoms with E-state index in [-0.39, 0.29) is 23.1 Å². The molecule has 4 rings (SSSR count). The largest absolute Gasteiger partial charge is 0.497 e. The van der Waals surface area contributed by atoms with Crippen LogP contribution in [0.4, 0.5) is 0 Å². The van der Waals surface area contributed by atoms with Crippen LogP contribution >= 0.6 is 0 Å². The standard InChI is InChI=1S/C26H33N3O4/c1-33-21-11-7-8-19(16-21)12-13-27-25(31)22-17-29(20-9-3-4-10-20)18-23(24(22)30)26(32)28-14-5-2-6-15-28/h7-8,11,16-18,20H,2-6,9-10,12-15H2,1H3,(H,27,31). The van der Waals surface area contributed by atoms with Crippen molar-refractivity contribution in [1.82, 2.24) is 14.8 Å². The third-order valence-electron chi connectivity index (χ3n) is 6.74. The molecule has 2 amide bonds. The van der Waals surface area contributed by atoms with Gasteiger partial charge in [0.1, 0.15) is 16.9 Å². The monoisotopic (exact) mass is 451 g/mol. The lowest BCUT2D eigenvalue weighted by Crippen LogP contribution is -2.40. The molecular formula is C26H33N3O4. The van der Waals surface area contributed by atoms with Crippen LogP contribution in [0.5, 0.6) is 5.75 Å². The van der Waals surface area contributed by atoms with Gasteiger partial charge in [-0.05, 0) is 56.2 Å². The van der Waals surface area contributed by atoms with Crippen molar-refractivity contribution in [3.05, 3.63) is 63.6 Å². The van der Waals surface area contributed by atoms with Crippen LogP contribution in [0.15, 0.2) is 41.5 Å². The quantitative estimate of drug-likeness (QED) is 0.698. The van der Waals surface area contributed by atoms with Crippen LogP contribution in [0.2, 0.25) is 0 Å². The minimum Gasteiger partial charge on any atom is -0.497 e. The first kappa shape index (κ1) is 23.1. The van der Waals surface area contributed by atoms with Crippen LogP contribution in [-0.4, -0.2) is 48.0 Å². The van der Waals surface area contributed by atoms with E-state index in [9.17, 15) is 14.4 Å². The molecule has 1 saturated carbocycles. The highest BCUT2D eigenvalue weighted by Crippen LogP contribution is 2.29. The predicted molar refractivity (Wildman–Crippen MR) is 127 cm³/mol. The Morgan fingerprint density at radius 3 is 2.48 bits per heavy atom. The van der Waals surface area contributed by atoms with Crippen molar-refractivity contribution in [3.63, 3.8) is 0 Å². The molecule has 1 aromatic heterocycles. The van der Waals surface area contributed by atoms with Crippen LogP contribution < -0.4 is 15.5 Å². The van der Waals surface area contributed by atoms with Gasteiger partial charge in [0, 0.05) is 38.1 Å². The molecule has 0 radical (unpaired) electrons.